The Balaban J connectivity index is 0.000000180. The van der Waals surface area contributed by atoms with Gasteiger partial charge >= 0.3 is 5.76 Å². The van der Waals surface area contributed by atoms with Gasteiger partial charge in [-0.25, -0.2) is 15.3 Å². The lowest BCUT2D eigenvalue weighted by Crippen LogP contribution is -1.95. The number of nitrogens with one attached hydrogen (secondary N) is 3. The highest BCUT2D eigenvalue weighted by atomic mass is 32.1. The van der Waals surface area contributed by atoms with Gasteiger partial charge < -0.3 is 9.15 Å². The van der Waals surface area contributed by atoms with E-state index >= 15 is 0 Å². The Labute approximate surface area is 158 Å². The molecule has 146 valence electrons. The summed E-state index contributed by atoms with van der Waals surface area (Å²) in [6, 6.07) is 0. The van der Waals surface area contributed by atoms with Gasteiger partial charge in [-0.1, -0.05) is 5.16 Å². The average Bonchev–Trinajstić information content (AvgIpc) is 3.37. The molecule has 0 aromatic carbocycles. The van der Waals surface area contributed by atoms with Crippen molar-refractivity contribution in [3.05, 3.63) is 39.6 Å². The molecule has 0 aliphatic carbocycles. The molecular formula is C13H19N9O4S. The van der Waals surface area contributed by atoms with Gasteiger partial charge in [-0.3, -0.25) is 9.51 Å². The number of rotatable bonds is 0. The second kappa shape index (κ2) is 11.2. The highest BCUT2D eigenvalue weighted by molar-refractivity contribution is 7.71. The van der Waals surface area contributed by atoms with E-state index in [0.717, 1.165) is 5.71 Å². The van der Waals surface area contributed by atoms with Crippen LogP contribution in [0.4, 0.5) is 0 Å². The minimum absolute atomic E-state index is 0.331. The van der Waals surface area contributed by atoms with Crippen molar-refractivity contribution in [2.24, 2.45) is 20.5 Å². The van der Waals surface area contributed by atoms with E-state index in [1.54, 1.807) is 20.8 Å². The van der Waals surface area contributed by atoms with E-state index < -0.39 is 5.76 Å². The maximum atomic E-state index is 10.0. The third-order valence-corrected chi connectivity index (χ3v) is 2.46. The van der Waals surface area contributed by atoms with E-state index in [0.29, 0.717) is 34.9 Å². The number of nitrogens with zero attached hydrogens (tertiary/aromatic N) is 6. The lowest BCUT2D eigenvalue weighted by Gasteiger charge is -1.89. The van der Waals surface area contributed by atoms with E-state index in [2.05, 4.69) is 69.6 Å². The van der Waals surface area contributed by atoms with Crippen molar-refractivity contribution in [2.45, 2.75) is 27.7 Å². The van der Waals surface area contributed by atoms with E-state index in [1.807, 2.05) is 6.92 Å². The number of hydrazone groups is 1. The van der Waals surface area contributed by atoms with Crippen molar-refractivity contribution in [3.63, 3.8) is 0 Å². The zero-order valence-corrected chi connectivity index (χ0v) is 16.0. The van der Waals surface area contributed by atoms with Crippen molar-refractivity contribution in [2.75, 3.05) is 6.54 Å². The third kappa shape index (κ3) is 10.2. The quantitative estimate of drug-likeness (QED) is 0.566. The summed E-state index contributed by atoms with van der Waals surface area (Å²) >= 11 is 4.55. The summed E-state index contributed by atoms with van der Waals surface area (Å²) in [6.07, 6.45) is 0. The number of ether oxygens (including phenoxy) is 1. The Kier molecular flexibility index (Phi) is 9.01. The zero-order valence-electron chi connectivity index (χ0n) is 15.1. The molecule has 14 heteroatoms. The molecule has 0 unspecified atom stereocenters. The molecule has 3 N–H and O–H groups in total. The van der Waals surface area contributed by atoms with Gasteiger partial charge in [0.15, 0.2) is 0 Å². The van der Waals surface area contributed by atoms with Crippen LogP contribution in [-0.4, -0.2) is 38.5 Å². The molecule has 27 heavy (non-hydrogen) atoms. The maximum absolute atomic E-state index is 10.0. The molecule has 0 radical (unpaired) electrons. The van der Waals surface area contributed by atoms with Crippen LogP contribution >= 0.6 is 12.2 Å². The molecule has 13 nitrogen and oxygen atoms in total. The van der Waals surface area contributed by atoms with Gasteiger partial charge in [0.05, 0.1) is 5.71 Å². The minimum Gasteiger partial charge on any atom is -0.425 e. The maximum Gasteiger partial charge on any atom is 0.438 e. The normalized spacial score (nSPS) is 13.6. The van der Waals surface area contributed by atoms with Crippen LogP contribution in [0.3, 0.4) is 0 Å². The van der Waals surface area contributed by atoms with Crippen molar-refractivity contribution in [1.82, 2.24) is 25.8 Å². The molecule has 2 aromatic rings. The summed E-state index contributed by atoms with van der Waals surface area (Å²) in [5.74, 6) is 1.69. The molecule has 0 spiro atoms. The van der Waals surface area contributed by atoms with Gasteiger partial charge in [-0.15, -0.1) is 15.3 Å². The van der Waals surface area contributed by atoms with Crippen molar-refractivity contribution < 1.29 is 13.7 Å². The minimum atomic E-state index is -0.502. The highest BCUT2D eigenvalue weighted by Crippen LogP contribution is 1.96. The first-order valence-electron chi connectivity index (χ1n) is 7.38. The Morgan fingerprint density at radius 1 is 1.22 bits per heavy atom. The van der Waals surface area contributed by atoms with Crippen molar-refractivity contribution in [3.8, 4) is 0 Å². The van der Waals surface area contributed by atoms with Gasteiger partial charge in [0, 0.05) is 13.8 Å². The standard InChI is InChI=1S/C4H6N2O.C3H5N3.C3H4N2O2.C3H4N2OS/c1-3-5-6-4(2)7-3;1-3-2-4-6-5-3;1-2-4-3(6)7-5-2;1-2-4-5-3(7)6-2/h5H,1H2,2H3;2H2,1H3;1H3,(H,4,5,6);1H3,(H,5,7). The average molecular weight is 397 g/mol. The first-order valence-corrected chi connectivity index (χ1v) is 7.78. The summed E-state index contributed by atoms with van der Waals surface area (Å²) in [7, 11) is 0. The highest BCUT2D eigenvalue weighted by Gasteiger charge is 2.02. The Morgan fingerprint density at radius 3 is 2.11 bits per heavy atom. The fourth-order valence-electron chi connectivity index (χ4n) is 1.25. The van der Waals surface area contributed by atoms with Crippen LogP contribution in [0.5, 0.6) is 0 Å². The van der Waals surface area contributed by atoms with Crippen LogP contribution in [0, 0.1) is 18.7 Å². The molecule has 0 fully saturated rings. The Hall–Kier alpha value is -3.42. The molecule has 4 rings (SSSR count). The summed E-state index contributed by atoms with van der Waals surface area (Å²) in [4.78, 5) is 12.6. The number of aromatic nitrogens is 4. The summed E-state index contributed by atoms with van der Waals surface area (Å²) in [6.45, 7) is 11.2. The van der Waals surface area contributed by atoms with Gasteiger partial charge in [0.2, 0.25) is 17.7 Å². The van der Waals surface area contributed by atoms with E-state index in [1.165, 1.54) is 0 Å². The smallest absolute Gasteiger partial charge is 0.425 e. The molecule has 2 aliphatic heterocycles. The van der Waals surface area contributed by atoms with Gasteiger partial charge in [-0.2, -0.15) is 5.11 Å². The van der Waals surface area contributed by atoms with Crippen LogP contribution in [-0.2, 0) is 4.74 Å². The number of aromatic amines is 2. The molecule has 0 bridgehead atoms. The topological polar surface area (TPSA) is 171 Å². The number of hydrogen-bond donors (Lipinski definition) is 3. The monoisotopic (exact) mass is 397 g/mol. The molecule has 0 saturated heterocycles. The molecule has 0 saturated carbocycles. The SMILES string of the molecule is C=C1NN=C(C)O1.CC1=NN=NC1.Cc1n[nH]c(=S)o1.Cc1noc(=O)[nH]1. The van der Waals surface area contributed by atoms with Crippen LogP contribution in [0.25, 0.3) is 0 Å². The summed E-state index contributed by atoms with van der Waals surface area (Å²) in [5.41, 5.74) is 3.54. The fraction of sp³-hybridized carbons (Fsp3) is 0.385. The van der Waals surface area contributed by atoms with Crippen LogP contribution in [0.15, 0.2) is 46.7 Å². The lowest BCUT2D eigenvalue weighted by molar-refractivity contribution is 0.383. The molecule has 0 atom stereocenters. The van der Waals surface area contributed by atoms with Crippen LogP contribution < -0.4 is 11.2 Å². The molecular weight excluding hydrogens is 378 g/mol. The largest absolute Gasteiger partial charge is 0.438 e. The second-order valence-corrected chi connectivity index (χ2v) is 5.18. The predicted octanol–water partition coefficient (Wildman–Crippen LogP) is 1.95. The molecule has 2 aromatic heterocycles. The second-order valence-electron chi connectivity index (χ2n) is 4.80. The van der Waals surface area contributed by atoms with Gasteiger partial charge in [0.25, 0.3) is 4.84 Å². The third-order valence-electron chi connectivity index (χ3n) is 2.28. The van der Waals surface area contributed by atoms with Gasteiger partial charge in [-0.05, 0) is 37.9 Å². The molecule has 2 aliphatic rings. The van der Waals surface area contributed by atoms with Crippen molar-refractivity contribution in [1.29, 1.82) is 0 Å². The molecule has 4 heterocycles. The van der Waals surface area contributed by atoms with E-state index in [-0.39, 0.29) is 0 Å². The summed E-state index contributed by atoms with van der Waals surface area (Å²) < 4.78 is 13.6. The van der Waals surface area contributed by atoms with Crippen molar-refractivity contribution >= 4 is 23.8 Å². The number of aryl methyl sites for hydroxylation is 2. The first-order chi connectivity index (χ1) is 12.8. The predicted molar refractivity (Wildman–Crippen MR) is 97.6 cm³/mol. The van der Waals surface area contributed by atoms with E-state index in [4.69, 9.17) is 9.15 Å². The molecule has 0 amide bonds. The zero-order chi connectivity index (χ0) is 20.2. The van der Waals surface area contributed by atoms with Gasteiger partial charge in [0.1, 0.15) is 12.4 Å². The van der Waals surface area contributed by atoms with Crippen LogP contribution in [0.1, 0.15) is 25.6 Å². The first kappa shape index (κ1) is 21.6. The fourth-order valence-corrected chi connectivity index (χ4v) is 1.41. The Bertz CT molecular complexity index is 887. The summed E-state index contributed by atoms with van der Waals surface area (Å²) in [5, 5.41) is 23.6. The Morgan fingerprint density at radius 2 is 1.96 bits per heavy atom. The van der Waals surface area contributed by atoms with E-state index in [9.17, 15) is 4.79 Å². The lowest BCUT2D eigenvalue weighted by atomic mass is 10.4. The number of H-pyrrole nitrogens is 2. The van der Waals surface area contributed by atoms with Crippen LogP contribution in [0.2, 0.25) is 0 Å². The number of hydrogen-bond acceptors (Lipinski definition) is 12.